The number of thiazole rings is 1. The summed E-state index contributed by atoms with van der Waals surface area (Å²) in [5, 5.41) is 5.57. The number of halogens is 1. The molecule has 6 nitrogen and oxygen atoms in total. The lowest BCUT2D eigenvalue weighted by Crippen LogP contribution is -2.24. The van der Waals surface area contributed by atoms with Gasteiger partial charge in [-0.1, -0.05) is 6.42 Å². The summed E-state index contributed by atoms with van der Waals surface area (Å²) in [7, 11) is 0. The molecule has 0 fully saturated rings. The van der Waals surface area contributed by atoms with E-state index in [1.165, 1.54) is 23.5 Å². The number of hydrogen-bond acceptors (Lipinski definition) is 5. The molecule has 3 heterocycles. The van der Waals surface area contributed by atoms with E-state index in [0.29, 0.717) is 33.8 Å². The van der Waals surface area contributed by atoms with Crippen LogP contribution >= 0.6 is 11.3 Å². The van der Waals surface area contributed by atoms with Crippen molar-refractivity contribution < 1.29 is 9.18 Å². The van der Waals surface area contributed by atoms with Crippen molar-refractivity contribution in [3.8, 4) is 11.3 Å². The van der Waals surface area contributed by atoms with Gasteiger partial charge in [-0.3, -0.25) is 19.5 Å². The zero-order valence-corrected chi connectivity index (χ0v) is 17.4. The lowest BCUT2D eigenvalue weighted by atomic mass is 10.1. The van der Waals surface area contributed by atoms with Gasteiger partial charge in [0.1, 0.15) is 11.6 Å². The number of nitrogens with zero attached hydrogens (tertiary/aromatic N) is 3. The molecule has 1 N–H and O–H groups in total. The van der Waals surface area contributed by atoms with Gasteiger partial charge in [0.05, 0.1) is 16.6 Å². The molecule has 0 bridgehead atoms. The van der Waals surface area contributed by atoms with Crippen molar-refractivity contribution in [2.24, 2.45) is 0 Å². The summed E-state index contributed by atoms with van der Waals surface area (Å²) in [6.07, 6.45) is 3.85. The summed E-state index contributed by atoms with van der Waals surface area (Å²) in [5.74, 6) is 0.157. The molecule has 1 aliphatic heterocycles. The average molecular weight is 434 g/mol. The van der Waals surface area contributed by atoms with Crippen molar-refractivity contribution >= 4 is 33.3 Å². The predicted molar refractivity (Wildman–Crippen MR) is 119 cm³/mol. The maximum absolute atomic E-state index is 13.1. The Morgan fingerprint density at radius 3 is 2.74 bits per heavy atom. The van der Waals surface area contributed by atoms with Gasteiger partial charge in [-0.2, -0.15) is 0 Å². The van der Waals surface area contributed by atoms with Crippen LogP contribution in [-0.4, -0.2) is 20.4 Å². The Kier molecular flexibility index (Phi) is 5.07. The van der Waals surface area contributed by atoms with Gasteiger partial charge < -0.3 is 0 Å². The zero-order chi connectivity index (χ0) is 21.4. The molecule has 31 heavy (non-hydrogen) atoms. The molecule has 4 aromatic rings. The Morgan fingerprint density at radius 2 is 1.90 bits per heavy atom. The number of benzene rings is 2. The number of anilines is 1. The first kappa shape index (κ1) is 19.6. The van der Waals surface area contributed by atoms with Crippen LogP contribution in [0.5, 0.6) is 0 Å². The summed E-state index contributed by atoms with van der Waals surface area (Å²) in [6.45, 7) is 0.694. The second-order valence-corrected chi connectivity index (χ2v) is 8.38. The Morgan fingerprint density at radius 1 is 1.06 bits per heavy atom. The minimum atomic E-state index is -0.321. The van der Waals surface area contributed by atoms with Crippen molar-refractivity contribution in [3.05, 3.63) is 75.4 Å². The standard InChI is InChI=1S/C23H19FN4O2S/c24-16-8-5-14(6-9-16)19-13-31-23(26-19)27-21(29)15-7-10-17-18(12-15)25-20-4-2-1-3-11-28(20)22(17)30/h5-10,12-13H,1-4,11H2,(H,26,27,29). The number of amides is 1. The van der Waals surface area contributed by atoms with Crippen molar-refractivity contribution in [2.45, 2.75) is 32.2 Å². The van der Waals surface area contributed by atoms with Gasteiger partial charge in [0.2, 0.25) is 0 Å². The quantitative estimate of drug-likeness (QED) is 0.510. The van der Waals surface area contributed by atoms with Crippen molar-refractivity contribution in [1.29, 1.82) is 0 Å². The number of aromatic nitrogens is 3. The molecule has 0 atom stereocenters. The van der Waals surface area contributed by atoms with Crippen LogP contribution in [-0.2, 0) is 13.0 Å². The molecule has 0 radical (unpaired) electrons. The molecule has 0 saturated carbocycles. The lowest BCUT2D eigenvalue weighted by Gasteiger charge is -2.10. The van der Waals surface area contributed by atoms with E-state index in [4.69, 9.17) is 0 Å². The number of rotatable bonds is 3. The normalized spacial score (nSPS) is 13.6. The number of hydrogen-bond donors (Lipinski definition) is 1. The molecular formula is C23H19FN4O2S. The topological polar surface area (TPSA) is 76.9 Å². The zero-order valence-electron chi connectivity index (χ0n) is 16.6. The molecule has 0 unspecified atom stereocenters. The largest absolute Gasteiger partial charge is 0.298 e. The van der Waals surface area contributed by atoms with Crippen LogP contribution < -0.4 is 10.9 Å². The van der Waals surface area contributed by atoms with E-state index < -0.39 is 0 Å². The molecule has 1 aliphatic rings. The summed E-state index contributed by atoms with van der Waals surface area (Å²) in [5.41, 5.74) is 2.34. The van der Waals surface area contributed by atoms with Crippen LogP contribution in [0.25, 0.3) is 22.2 Å². The first-order valence-electron chi connectivity index (χ1n) is 10.1. The molecule has 0 saturated heterocycles. The van der Waals surface area contributed by atoms with Gasteiger partial charge in [-0.25, -0.2) is 14.4 Å². The second kappa shape index (κ2) is 8.03. The highest BCUT2D eigenvalue weighted by atomic mass is 32.1. The lowest BCUT2D eigenvalue weighted by molar-refractivity contribution is 0.102. The molecular weight excluding hydrogens is 415 g/mol. The molecule has 8 heteroatoms. The molecule has 156 valence electrons. The predicted octanol–water partition coefficient (Wildman–Crippen LogP) is 4.64. The van der Waals surface area contributed by atoms with Gasteiger partial charge in [0, 0.05) is 29.5 Å². The molecule has 1 amide bonds. The van der Waals surface area contributed by atoms with E-state index in [9.17, 15) is 14.0 Å². The molecule has 0 spiro atoms. The van der Waals surface area contributed by atoms with E-state index in [-0.39, 0.29) is 17.3 Å². The Balaban J connectivity index is 1.41. The van der Waals surface area contributed by atoms with Gasteiger partial charge in [0.15, 0.2) is 5.13 Å². The van der Waals surface area contributed by atoms with Gasteiger partial charge in [-0.15, -0.1) is 11.3 Å². The third-order valence-electron chi connectivity index (χ3n) is 5.44. The van der Waals surface area contributed by atoms with Gasteiger partial charge in [-0.05, 0) is 55.3 Å². The van der Waals surface area contributed by atoms with Crippen molar-refractivity contribution in [1.82, 2.24) is 14.5 Å². The maximum atomic E-state index is 13.1. The van der Waals surface area contributed by atoms with E-state index in [1.807, 2.05) is 0 Å². The minimum absolute atomic E-state index is 0.0438. The first-order valence-corrected chi connectivity index (χ1v) is 11.0. The summed E-state index contributed by atoms with van der Waals surface area (Å²) >= 11 is 1.29. The highest BCUT2D eigenvalue weighted by Gasteiger charge is 2.16. The second-order valence-electron chi connectivity index (χ2n) is 7.53. The van der Waals surface area contributed by atoms with Crippen molar-refractivity contribution in [2.75, 3.05) is 5.32 Å². The minimum Gasteiger partial charge on any atom is -0.298 e. The highest BCUT2D eigenvalue weighted by Crippen LogP contribution is 2.25. The van der Waals surface area contributed by atoms with Crippen LogP contribution in [0.15, 0.2) is 52.6 Å². The van der Waals surface area contributed by atoms with Crippen LogP contribution in [0.1, 0.15) is 35.4 Å². The fourth-order valence-corrected chi connectivity index (χ4v) is 4.53. The van der Waals surface area contributed by atoms with Crippen LogP contribution in [0, 0.1) is 5.82 Å². The Labute approximate surface area is 181 Å². The number of aryl methyl sites for hydroxylation is 1. The third-order valence-corrected chi connectivity index (χ3v) is 6.20. The molecule has 5 rings (SSSR count). The van der Waals surface area contributed by atoms with Gasteiger partial charge >= 0.3 is 0 Å². The van der Waals surface area contributed by atoms with Crippen LogP contribution in [0.2, 0.25) is 0 Å². The smallest absolute Gasteiger partial charge is 0.261 e. The summed E-state index contributed by atoms with van der Waals surface area (Å²) < 4.78 is 14.9. The van der Waals surface area contributed by atoms with E-state index in [0.717, 1.165) is 37.1 Å². The number of carbonyl (C=O) groups is 1. The monoisotopic (exact) mass is 434 g/mol. The van der Waals surface area contributed by atoms with E-state index in [1.54, 1.807) is 40.3 Å². The number of nitrogens with one attached hydrogen (secondary N) is 1. The fraction of sp³-hybridized carbons (Fsp3) is 0.217. The molecule has 2 aromatic heterocycles. The van der Waals surface area contributed by atoms with Gasteiger partial charge in [0.25, 0.3) is 11.5 Å². The van der Waals surface area contributed by atoms with Crippen molar-refractivity contribution in [3.63, 3.8) is 0 Å². The van der Waals surface area contributed by atoms with Crippen LogP contribution in [0.4, 0.5) is 9.52 Å². The summed E-state index contributed by atoms with van der Waals surface area (Å²) in [6, 6.07) is 11.0. The van der Waals surface area contributed by atoms with E-state index in [2.05, 4.69) is 15.3 Å². The number of fused-ring (bicyclic) bond motifs is 2. The van der Waals surface area contributed by atoms with E-state index >= 15 is 0 Å². The average Bonchev–Trinajstić information content (AvgIpc) is 3.10. The molecule has 2 aromatic carbocycles. The SMILES string of the molecule is O=C(Nc1nc(-c2ccc(F)cc2)cs1)c1ccc2c(=O)n3c(nc2c1)CCCCC3. The Hall–Kier alpha value is -3.39. The summed E-state index contributed by atoms with van der Waals surface area (Å²) in [4.78, 5) is 34.7. The van der Waals surface area contributed by atoms with Crippen LogP contribution in [0.3, 0.4) is 0 Å². The fourth-order valence-electron chi connectivity index (χ4n) is 3.81. The first-order chi connectivity index (χ1) is 15.1. The maximum Gasteiger partial charge on any atom is 0.261 e. The third kappa shape index (κ3) is 3.86. The number of carbonyl (C=O) groups excluding carboxylic acids is 1. The molecule has 0 aliphatic carbocycles. The Bertz CT molecular complexity index is 1340. The highest BCUT2D eigenvalue weighted by molar-refractivity contribution is 7.14.